The topological polar surface area (TPSA) is 63.6 Å². The summed E-state index contributed by atoms with van der Waals surface area (Å²) in [6.45, 7) is 2.81. The molecule has 0 radical (unpaired) electrons. The fraction of sp³-hybridized carbons (Fsp3) is 0.429. The maximum atomic E-state index is 13.9. The third kappa shape index (κ3) is 4.42. The van der Waals surface area contributed by atoms with Gasteiger partial charge in [-0.15, -0.1) is 11.8 Å². The Bertz CT molecular complexity index is 1250. The Morgan fingerprint density at radius 2 is 1.89 bits per heavy atom. The highest BCUT2D eigenvalue weighted by atomic mass is 32.2. The molecule has 35 heavy (non-hydrogen) atoms. The first-order valence-electron chi connectivity index (χ1n) is 12.4. The molecule has 0 saturated heterocycles. The summed E-state index contributed by atoms with van der Waals surface area (Å²) in [6.07, 6.45) is 7.05. The number of fused-ring (bicyclic) bond motifs is 3. The van der Waals surface area contributed by atoms with Gasteiger partial charge in [-0.1, -0.05) is 25.0 Å². The van der Waals surface area contributed by atoms with E-state index >= 15 is 0 Å². The molecule has 5 rings (SSSR count). The zero-order chi connectivity index (χ0) is 24.6. The van der Waals surface area contributed by atoms with Gasteiger partial charge < -0.3 is 19.5 Å². The van der Waals surface area contributed by atoms with E-state index in [-0.39, 0.29) is 17.9 Å². The highest BCUT2D eigenvalue weighted by Crippen LogP contribution is 2.34. The van der Waals surface area contributed by atoms with Gasteiger partial charge in [0.05, 0.1) is 19.2 Å². The molecule has 0 bridgehead atoms. The van der Waals surface area contributed by atoms with Gasteiger partial charge in [-0.3, -0.25) is 9.59 Å². The van der Waals surface area contributed by atoms with Crippen LogP contribution in [-0.2, 0) is 17.8 Å². The van der Waals surface area contributed by atoms with Gasteiger partial charge in [-0.2, -0.15) is 0 Å². The number of nitrogens with one attached hydrogen (secondary N) is 1. The van der Waals surface area contributed by atoms with Crippen molar-refractivity contribution in [2.45, 2.75) is 62.0 Å². The molecule has 1 aliphatic carbocycles. The van der Waals surface area contributed by atoms with E-state index in [4.69, 9.17) is 4.74 Å². The summed E-state index contributed by atoms with van der Waals surface area (Å²) in [6, 6.07) is 16.4. The second-order valence-electron chi connectivity index (χ2n) is 9.82. The second-order valence-corrected chi connectivity index (χ2v) is 10.7. The van der Waals surface area contributed by atoms with Crippen LogP contribution in [0.1, 0.15) is 48.7 Å². The minimum atomic E-state index is -0.985. The highest BCUT2D eigenvalue weighted by molar-refractivity contribution is 7.98. The third-order valence-corrected chi connectivity index (χ3v) is 8.34. The molecule has 7 heteroatoms. The number of thioether (sulfide) groups is 1. The van der Waals surface area contributed by atoms with Crippen LogP contribution in [0.25, 0.3) is 10.9 Å². The van der Waals surface area contributed by atoms with Crippen molar-refractivity contribution in [3.05, 3.63) is 59.8 Å². The summed E-state index contributed by atoms with van der Waals surface area (Å²) in [7, 11) is 1.64. The molecule has 2 aromatic carbocycles. The van der Waals surface area contributed by atoms with Gasteiger partial charge >= 0.3 is 0 Å². The maximum Gasteiger partial charge on any atom is 0.271 e. The van der Waals surface area contributed by atoms with Crippen molar-refractivity contribution >= 4 is 34.5 Å². The molecule has 1 aliphatic heterocycles. The summed E-state index contributed by atoms with van der Waals surface area (Å²) in [5.74, 6) is 0.571. The Kier molecular flexibility index (Phi) is 6.53. The number of hydrogen-bond acceptors (Lipinski definition) is 4. The molecule has 1 saturated carbocycles. The number of carbonyl (C=O) groups excluding carboxylic acids is 2. The molecular formula is C28H33N3O3S. The van der Waals surface area contributed by atoms with Crippen molar-refractivity contribution in [1.29, 1.82) is 0 Å². The highest BCUT2D eigenvalue weighted by Gasteiger charge is 2.48. The number of rotatable bonds is 7. The van der Waals surface area contributed by atoms with Crippen LogP contribution in [0.3, 0.4) is 0 Å². The Labute approximate surface area is 211 Å². The molecule has 6 nitrogen and oxygen atoms in total. The number of carbonyl (C=O) groups is 2. The first kappa shape index (κ1) is 23.8. The first-order valence-corrected chi connectivity index (χ1v) is 13.6. The smallest absolute Gasteiger partial charge is 0.271 e. The Morgan fingerprint density at radius 1 is 1.14 bits per heavy atom. The van der Waals surface area contributed by atoms with Crippen LogP contribution in [0.4, 0.5) is 0 Å². The maximum absolute atomic E-state index is 13.9. The average molecular weight is 492 g/mol. The molecule has 184 valence electrons. The lowest BCUT2D eigenvalue weighted by atomic mass is 9.93. The molecule has 2 amide bonds. The van der Waals surface area contributed by atoms with E-state index in [1.165, 1.54) is 4.90 Å². The van der Waals surface area contributed by atoms with E-state index in [0.717, 1.165) is 47.9 Å². The van der Waals surface area contributed by atoms with Gasteiger partial charge in [0.1, 0.15) is 17.0 Å². The Morgan fingerprint density at radius 3 is 2.57 bits per heavy atom. The van der Waals surface area contributed by atoms with Crippen LogP contribution in [0.2, 0.25) is 0 Å². The summed E-state index contributed by atoms with van der Waals surface area (Å²) < 4.78 is 7.43. The van der Waals surface area contributed by atoms with Gasteiger partial charge in [0.2, 0.25) is 5.91 Å². The van der Waals surface area contributed by atoms with E-state index in [1.54, 1.807) is 23.8 Å². The number of aromatic nitrogens is 1. The van der Waals surface area contributed by atoms with Crippen molar-refractivity contribution in [1.82, 2.24) is 14.8 Å². The molecule has 1 atom stereocenters. The van der Waals surface area contributed by atoms with E-state index in [1.807, 2.05) is 35.8 Å². The van der Waals surface area contributed by atoms with Crippen molar-refractivity contribution < 1.29 is 14.3 Å². The molecule has 2 heterocycles. The molecule has 1 N–H and O–H groups in total. The van der Waals surface area contributed by atoms with Gasteiger partial charge in [0.15, 0.2) is 0 Å². The lowest BCUT2D eigenvalue weighted by molar-refractivity contribution is -0.133. The minimum absolute atomic E-state index is 0.0640. The molecule has 3 aromatic rings. The molecular weight excluding hydrogens is 458 g/mol. The molecule has 0 unspecified atom stereocenters. The molecule has 1 aromatic heterocycles. The predicted octanol–water partition coefficient (Wildman–Crippen LogP) is 4.89. The van der Waals surface area contributed by atoms with Gasteiger partial charge in [0.25, 0.3) is 5.91 Å². The number of nitrogens with zero attached hydrogens (tertiary/aromatic N) is 2. The largest absolute Gasteiger partial charge is 0.497 e. The van der Waals surface area contributed by atoms with Crippen LogP contribution in [0.15, 0.2) is 53.4 Å². The minimum Gasteiger partial charge on any atom is -0.497 e. The summed E-state index contributed by atoms with van der Waals surface area (Å²) in [4.78, 5) is 30.7. The number of ether oxygens (including phenoxy) is 1. The van der Waals surface area contributed by atoms with E-state index in [2.05, 4.69) is 35.8 Å². The van der Waals surface area contributed by atoms with Crippen molar-refractivity contribution in [3.63, 3.8) is 0 Å². The number of hydrogen-bond donors (Lipinski definition) is 1. The van der Waals surface area contributed by atoms with Crippen LogP contribution >= 0.6 is 11.8 Å². The number of benzene rings is 2. The van der Waals surface area contributed by atoms with Crippen LogP contribution in [0.5, 0.6) is 5.75 Å². The van der Waals surface area contributed by atoms with Gasteiger partial charge in [0, 0.05) is 28.9 Å². The Balaban J connectivity index is 1.50. The zero-order valence-electron chi connectivity index (χ0n) is 20.7. The SMILES string of the molecule is COc1ccc2cc3n(c2c1)C[C@](C)(C(=O)NC1CCCC1)N(CCc1ccc(SC)cc1)C3=O. The predicted molar refractivity (Wildman–Crippen MR) is 140 cm³/mol. The first-order chi connectivity index (χ1) is 16.9. The molecule has 0 spiro atoms. The summed E-state index contributed by atoms with van der Waals surface area (Å²) >= 11 is 1.71. The second kappa shape index (κ2) is 9.61. The van der Waals surface area contributed by atoms with Gasteiger partial charge in [-0.25, -0.2) is 0 Å². The normalized spacial score (nSPS) is 20.3. The van der Waals surface area contributed by atoms with Crippen molar-refractivity contribution in [2.24, 2.45) is 0 Å². The summed E-state index contributed by atoms with van der Waals surface area (Å²) in [5, 5.41) is 4.25. The fourth-order valence-electron chi connectivity index (χ4n) is 5.45. The van der Waals surface area contributed by atoms with E-state index < -0.39 is 5.54 Å². The van der Waals surface area contributed by atoms with Crippen molar-refractivity contribution in [2.75, 3.05) is 19.9 Å². The van der Waals surface area contributed by atoms with E-state index in [9.17, 15) is 9.59 Å². The fourth-order valence-corrected chi connectivity index (χ4v) is 5.86. The van der Waals surface area contributed by atoms with E-state index in [0.29, 0.717) is 25.2 Å². The summed E-state index contributed by atoms with van der Waals surface area (Å²) in [5.41, 5.74) is 1.71. The quantitative estimate of drug-likeness (QED) is 0.478. The van der Waals surface area contributed by atoms with Crippen LogP contribution < -0.4 is 10.1 Å². The van der Waals surface area contributed by atoms with Gasteiger partial charge in [-0.05, 0) is 68.3 Å². The number of methoxy groups -OCH3 is 1. The lowest BCUT2D eigenvalue weighted by Crippen LogP contribution is -2.65. The third-order valence-electron chi connectivity index (χ3n) is 7.60. The lowest BCUT2D eigenvalue weighted by Gasteiger charge is -2.44. The zero-order valence-corrected chi connectivity index (χ0v) is 21.5. The van der Waals surface area contributed by atoms with Crippen molar-refractivity contribution in [3.8, 4) is 5.75 Å². The monoisotopic (exact) mass is 491 g/mol. The Hall–Kier alpha value is -2.93. The average Bonchev–Trinajstić information content (AvgIpc) is 3.51. The van der Waals surface area contributed by atoms with Crippen LogP contribution in [-0.4, -0.2) is 52.8 Å². The van der Waals surface area contributed by atoms with Crippen LogP contribution in [0, 0.1) is 0 Å². The molecule has 2 aliphatic rings. The standard InChI is InChI=1S/C28H33N3O3S/c1-28(27(33)29-21-6-4-5-7-21)18-30-24-17-22(34-2)11-10-20(24)16-25(30)26(32)31(28)15-14-19-8-12-23(35-3)13-9-19/h8-13,16-17,21H,4-7,14-15,18H2,1-3H3,(H,29,33)/t28-/m1/s1. The molecule has 1 fully saturated rings. The number of amides is 2.